The van der Waals surface area contributed by atoms with Crippen LogP contribution < -0.4 is 0 Å². The summed E-state index contributed by atoms with van der Waals surface area (Å²) in [6.45, 7) is 0. The number of carbonyl (C=O) groups excluding carboxylic acids is 2. The maximum Gasteiger partial charge on any atom is 0.341 e. The largest absolute Gasteiger partial charge is 0.507 e. The van der Waals surface area contributed by atoms with Crippen molar-refractivity contribution in [2.45, 2.75) is 6.29 Å². The number of aliphatic hydroxyl groups is 1. The van der Waals surface area contributed by atoms with Gasteiger partial charge in [0.05, 0.1) is 16.7 Å². The maximum absolute atomic E-state index is 11.1. The van der Waals surface area contributed by atoms with Crippen molar-refractivity contribution in [2.24, 2.45) is 0 Å². The van der Waals surface area contributed by atoms with Gasteiger partial charge in [-0.3, -0.25) is 4.79 Å². The van der Waals surface area contributed by atoms with Crippen molar-refractivity contribution < 1.29 is 29.6 Å². The van der Waals surface area contributed by atoms with Crippen molar-refractivity contribution in [3.63, 3.8) is 0 Å². The number of aliphatic hydroxyl groups excluding tert-OH is 1. The van der Waals surface area contributed by atoms with Gasteiger partial charge in [-0.25, -0.2) is 4.79 Å². The first kappa shape index (κ1) is 9.47. The molecular formula is C9H6O6. The van der Waals surface area contributed by atoms with Crippen LogP contribution in [0.3, 0.4) is 0 Å². The van der Waals surface area contributed by atoms with Crippen LogP contribution in [0, 0.1) is 0 Å². The van der Waals surface area contributed by atoms with E-state index in [0.717, 1.165) is 6.07 Å². The molecule has 0 saturated carbocycles. The number of hydrogen-bond acceptors (Lipinski definition) is 6. The summed E-state index contributed by atoms with van der Waals surface area (Å²) >= 11 is 0. The fraction of sp³-hybridized carbons (Fsp3) is 0.111. The fourth-order valence-corrected chi connectivity index (χ4v) is 1.45. The lowest BCUT2D eigenvalue weighted by Crippen LogP contribution is -1.96. The Labute approximate surface area is 83.3 Å². The van der Waals surface area contributed by atoms with E-state index in [1.54, 1.807) is 0 Å². The standard InChI is InChI=1S/C9H6O6/c10-2-4-5(11)1-3-6(7(4)12)9(14)15-8(3)13/h1-2,9,11-12,14H. The Bertz CT molecular complexity index is 464. The van der Waals surface area contributed by atoms with Gasteiger partial charge < -0.3 is 20.1 Å². The molecule has 0 aromatic heterocycles. The van der Waals surface area contributed by atoms with Gasteiger partial charge in [0.25, 0.3) is 0 Å². The number of rotatable bonds is 1. The Morgan fingerprint density at radius 1 is 1.40 bits per heavy atom. The summed E-state index contributed by atoms with van der Waals surface area (Å²) in [7, 11) is 0. The Balaban J connectivity index is 2.77. The molecule has 0 bridgehead atoms. The summed E-state index contributed by atoms with van der Waals surface area (Å²) in [4.78, 5) is 21.6. The van der Waals surface area contributed by atoms with Gasteiger partial charge in [-0.2, -0.15) is 0 Å². The third kappa shape index (κ3) is 1.15. The molecule has 0 aliphatic carbocycles. The minimum atomic E-state index is -1.60. The zero-order chi connectivity index (χ0) is 11.2. The predicted molar refractivity (Wildman–Crippen MR) is 45.5 cm³/mol. The van der Waals surface area contributed by atoms with Crippen molar-refractivity contribution in [1.29, 1.82) is 0 Å². The number of hydrogen-bond donors (Lipinski definition) is 3. The minimum Gasteiger partial charge on any atom is -0.507 e. The molecule has 1 aromatic carbocycles. The van der Waals surface area contributed by atoms with Gasteiger partial charge in [0.15, 0.2) is 6.29 Å². The lowest BCUT2D eigenvalue weighted by molar-refractivity contribution is -0.0555. The molecule has 3 N–H and O–H groups in total. The van der Waals surface area contributed by atoms with E-state index in [4.69, 9.17) is 0 Å². The highest BCUT2D eigenvalue weighted by Crippen LogP contribution is 2.40. The van der Waals surface area contributed by atoms with Gasteiger partial charge in [0.2, 0.25) is 6.29 Å². The number of fused-ring (bicyclic) bond motifs is 1. The molecule has 0 radical (unpaired) electrons. The monoisotopic (exact) mass is 210 g/mol. The second-order valence-electron chi connectivity index (χ2n) is 2.99. The third-order valence-electron chi connectivity index (χ3n) is 2.16. The quantitative estimate of drug-likeness (QED) is 0.447. The van der Waals surface area contributed by atoms with Crippen LogP contribution in [0.2, 0.25) is 0 Å². The lowest BCUT2D eigenvalue weighted by Gasteiger charge is -2.06. The SMILES string of the molecule is O=Cc1c(O)cc2c(c1O)C(O)OC2=O. The predicted octanol–water partition coefficient (Wildman–Crippen LogP) is 0.0716. The number of phenols is 2. The average molecular weight is 210 g/mol. The normalized spacial score (nSPS) is 18.5. The van der Waals surface area contributed by atoms with Crippen molar-refractivity contribution in [3.8, 4) is 11.5 Å². The molecule has 1 aromatic rings. The van der Waals surface area contributed by atoms with Crippen molar-refractivity contribution in [2.75, 3.05) is 0 Å². The van der Waals surface area contributed by atoms with Gasteiger partial charge in [-0.1, -0.05) is 0 Å². The lowest BCUT2D eigenvalue weighted by atomic mass is 10.0. The second-order valence-corrected chi connectivity index (χ2v) is 2.99. The number of cyclic esters (lactones) is 1. The Morgan fingerprint density at radius 2 is 2.07 bits per heavy atom. The molecule has 0 saturated heterocycles. The van der Waals surface area contributed by atoms with Crippen LogP contribution in [0.4, 0.5) is 0 Å². The molecule has 0 spiro atoms. The highest BCUT2D eigenvalue weighted by Gasteiger charge is 2.35. The van der Waals surface area contributed by atoms with Crippen LogP contribution >= 0.6 is 0 Å². The summed E-state index contributed by atoms with van der Waals surface area (Å²) in [6, 6.07) is 0.970. The van der Waals surface area contributed by atoms with E-state index in [9.17, 15) is 24.9 Å². The van der Waals surface area contributed by atoms with Crippen molar-refractivity contribution >= 4 is 12.3 Å². The third-order valence-corrected chi connectivity index (χ3v) is 2.16. The van der Waals surface area contributed by atoms with E-state index in [1.807, 2.05) is 0 Å². The molecule has 1 heterocycles. The molecule has 6 nitrogen and oxygen atoms in total. The summed E-state index contributed by atoms with van der Waals surface area (Å²) in [5.74, 6) is -2.04. The smallest absolute Gasteiger partial charge is 0.341 e. The van der Waals surface area contributed by atoms with Crippen molar-refractivity contribution in [1.82, 2.24) is 0 Å². The molecule has 6 heteroatoms. The number of ether oxygens (including phenoxy) is 1. The topological polar surface area (TPSA) is 104 Å². The van der Waals surface area contributed by atoms with E-state index < -0.39 is 23.8 Å². The summed E-state index contributed by atoms with van der Waals surface area (Å²) in [5.41, 5.74) is -0.728. The van der Waals surface area contributed by atoms with E-state index in [0.29, 0.717) is 0 Å². The van der Waals surface area contributed by atoms with Crippen LogP contribution in [-0.4, -0.2) is 27.6 Å². The second kappa shape index (κ2) is 2.96. The highest BCUT2D eigenvalue weighted by molar-refractivity contribution is 5.98. The Morgan fingerprint density at radius 3 is 2.67 bits per heavy atom. The molecule has 15 heavy (non-hydrogen) atoms. The molecule has 1 aliphatic heterocycles. The van der Waals surface area contributed by atoms with Gasteiger partial charge in [-0.15, -0.1) is 0 Å². The van der Waals surface area contributed by atoms with Gasteiger partial charge in [-0.05, 0) is 6.07 Å². The first-order valence-corrected chi connectivity index (χ1v) is 3.99. The van der Waals surface area contributed by atoms with Gasteiger partial charge >= 0.3 is 5.97 Å². The van der Waals surface area contributed by atoms with Crippen LogP contribution in [0.1, 0.15) is 32.6 Å². The Kier molecular flexibility index (Phi) is 1.87. The van der Waals surface area contributed by atoms with Crippen molar-refractivity contribution in [3.05, 3.63) is 22.8 Å². The minimum absolute atomic E-state index is 0.150. The molecule has 1 atom stereocenters. The number of phenolic OH excluding ortho intramolecular Hbond substituents is 2. The van der Waals surface area contributed by atoms with Crippen LogP contribution in [0.15, 0.2) is 6.07 Å². The molecule has 1 aliphatic rings. The number of esters is 1. The summed E-state index contributed by atoms with van der Waals surface area (Å²) in [5, 5.41) is 28.0. The van der Waals surface area contributed by atoms with E-state index in [1.165, 1.54) is 0 Å². The molecule has 78 valence electrons. The Hall–Kier alpha value is -2.08. The first-order valence-electron chi connectivity index (χ1n) is 3.99. The number of benzene rings is 1. The van der Waals surface area contributed by atoms with Crippen LogP contribution in [-0.2, 0) is 4.74 Å². The zero-order valence-corrected chi connectivity index (χ0v) is 7.30. The molecule has 0 fully saturated rings. The molecule has 0 amide bonds. The fourth-order valence-electron chi connectivity index (χ4n) is 1.45. The van der Waals surface area contributed by atoms with Crippen LogP contribution in [0.25, 0.3) is 0 Å². The van der Waals surface area contributed by atoms with E-state index in [2.05, 4.69) is 4.74 Å². The molecule has 1 unspecified atom stereocenters. The number of aromatic hydroxyl groups is 2. The molecular weight excluding hydrogens is 204 g/mol. The number of carbonyl (C=O) groups is 2. The van der Waals surface area contributed by atoms with Gasteiger partial charge in [0.1, 0.15) is 11.5 Å². The molecule has 2 rings (SSSR count). The first-order chi connectivity index (χ1) is 7.06. The zero-order valence-electron chi connectivity index (χ0n) is 7.30. The number of aldehydes is 1. The average Bonchev–Trinajstić information content (AvgIpc) is 2.42. The van der Waals surface area contributed by atoms with Crippen LogP contribution in [0.5, 0.6) is 11.5 Å². The van der Waals surface area contributed by atoms with Gasteiger partial charge in [0, 0.05) is 0 Å². The van der Waals surface area contributed by atoms with E-state index >= 15 is 0 Å². The maximum atomic E-state index is 11.1. The van der Waals surface area contributed by atoms with E-state index in [-0.39, 0.29) is 23.0 Å². The summed E-state index contributed by atoms with van der Waals surface area (Å²) in [6.07, 6.45) is -1.38. The highest BCUT2D eigenvalue weighted by atomic mass is 16.6. The summed E-state index contributed by atoms with van der Waals surface area (Å²) < 4.78 is 4.40.